The molecule has 0 saturated carbocycles. The first-order valence-electron chi connectivity index (χ1n) is 8.11. The van der Waals surface area contributed by atoms with Gasteiger partial charge in [0, 0.05) is 6.07 Å². The number of carboxylic acid groups (broad SMARTS) is 1. The van der Waals surface area contributed by atoms with Gasteiger partial charge in [0.05, 0.1) is 29.4 Å². The number of carbonyl (C=O) groups excluding carboxylic acids is 2. The lowest BCUT2D eigenvalue weighted by Crippen LogP contribution is -2.32. The number of ketones is 1. The van der Waals surface area contributed by atoms with Crippen LogP contribution in [0.3, 0.4) is 0 Å². The number of hydrogen-bond donors (Lipinski definition) is 2. The number of nitrogens with one attached hydrogen (secondary N) is 1. The van der Waals surface area contributed by atoms with Gasteiger partial charge in [-0.25, -0.2) is 4.79 Å². The van der Waals surface area contributed by atoms with Crippen LogP contribution in [-0.4, -0.2) is 40.8 Å². The maximum atomic E-state index is 12.4. The molecule has 29 heavy (non-hydrogen) atoms. The molecule has 0 fully saturated rings. The summed E-state index contributed by atoms with van der Waals surface area (Å²) in [7, 11) is 1.27. The summed E-state index contributed by atoms with van der Waals surface area (Å²) < 4.78 is 5.02. The molecule has 0 spiro atoms. The molecule has 0 radical (unpaired) electrons. The molecule has 0 saturated heterocycles. The number of azo groups is 1. The number of benzene rings is 2. The van der Waals surface area contributed by atoms with Crippen LogP contribution in [0.5, 0.6) is 5.75 Å². The zero-order chi connectivity index (χ0) is 21.6. The van der Waals surface area contributed by atoms with Crippen LogP contribution >= 0.6 is 0 Å². The smallest absolute Gasteiger partial charge is 0.337 e. The lowest BCUT2D eigenvalue weighted by atomic mass is 10.1. The number of anilines is 1. The highest BCUT2D eigenvalue weighted by atomic mass is 16.6. The van der Waals surface area contributed by atoms with Crippen LogP contribution < -0.4 is 10.1 Å². The minimum Gasteiger partial charge on any atom is -0.494 e. The normalized spacial score (nSPS) is 11.7. The molecule has 1 unspecified atom stereocenters. The van der Waals surface area contributed by atoms with E-state index < -0.39 is 28.6 Å². The van der Waals surface area contributed by atoms with E-state index >= 15 is 0 Å². The third-order valence-electron chi connectivity index (χ3n) is 3.70. The fourth-order valence-corrected chi connectivity index (χ4v) is 2.28. The Labute approximate surface area is 164 Å². The summed E-state index contributed by atoms with van der Waals surface area (Å²) in [4.78, 5) is 45.8. The van der Waals surface area contributed by atoms with E-state index in [0.29, 0.717) is 0 Å². The van der Waals surface area contributed by atoms with E-state index in [1.165, 1.54) is 43.5 Å². The van der Waals surface area contributed by atoms with Crippen molar-refractivity contribution in [2.24, 2.45) is 10.2 Å². The zero-order valence-corrected chi connectivity index (χ0v) is 15.4. The second-order valence-electron chi connectivity index (χ2n) is 5.68. The zero-order valence-electron chi connectivity index (χ0n) is 15.4. The predicted molar refractivity (Wildman–Crippen MR) is 101 cm³/mol. The lowest BCUT2D eigenvalue weighted by Gasteiger charge is -2.11. The van der Waals surface area contributed by atoms with Crippen LogP contribution in [0.15, 0.2) is 52.7 Å². The van der Waals surface area contributed by atoms with Crippen molar-refractivity contribution in [3.63, 3.8) is 0 Å². The van der Waals surface area contributed by atoms with Gasteiger partial charge in [-0.3, -0.25) is 19.7 Å². The molecule has 2 rings (SSSR count). The van der Waals surface area contributed by atoms with E-state index in [4.69, 9.17) is 4.74 Å². The van der Waals surface area contributed by atoms with Crippen LogP contribution in [0.4, 0.5) is 17.1 Å². The summed E-state index contributed by atoms with van der Waals surface area (Å²) in [5.74, 6) is -2.74. The van der Waals surface area contributed by atoms with Gasteiger partial charge in [0.2, 0.25) is 6.04 Å². The fraction of sp³-hybridized carbons (Fsp3) is 0.167. The van der Waals surface area contributed by atoms with Gasteiger partial charge < -0.3 is 15.2 Å². The van der Waals surface area contributed by atoms with Gasteiger partial charge in [0.25, 0.3) is 11.6 Å². The van der Waals surface area contributed by atoms with Gasteiger partial charge in [-0.1, -0.05) is 12.1 Å². The molecular formula is C18H16N4O7. The molecule has 0 aliphatic carbocycles. The second-order valence-corrected chi connectivity index (χ2v) is 5.68. The van der Waals surface area contributed by atoms with Crippen molar-refractivity contribution < 1.29 is 29.2 Å². The quantitative estimate of drug-likeness (QED) is 0.298. The average Bonchev–Trinajstić information content (AvgIpc) is 2.68. The predicted octanol–water partition coefficient (Wildman–Crippen LogP) is 2.98. The summed E-state index contributed by atoms with van der Waals surface area (Å²) in [6.07, 6.45) is 0. The van der Waals surface area contributed by atoms with Gasteiger partial charge in [-0.15, -0.1) is 0 Å². The topological polar surface area (TPSA) is 161 Å². The number of nitro benzene ring substituents is 1. The molecule has 1 atom stereocenters. The van der Waals surface area contributed by atoms with E-state index in [2.05, 4.69) is 15.5 Å². The Bertz CT molecular complexity index is 1000. The van der Waals surface area contributed by atoms with Crippen molar-refractivity contribution in [3.05, 3.63) is 58.1 Å². The second kappa shape index (κ2) is 9.17. The summed E-state index contributed by atoms with van der Waals surface area (Å²) in [5.41, 5.74) is -0.313. The van der Waals surface area contributed by atoms with Gasteiger partial charge in [0.15, 0.2) is 11.5 Å². The molecule has 11 nitrogen and oxygen atoms in total. The fourth-order valence-electron chi connectivity index (χ4n) is 2.28. The molecule has 0 heterocycles. The van der Waals surface area contributed by atoms with Crippen LogP contribution in [0.1, 0.15) is 17.3 Å². The number of carbonyl (C=O) groups is 3. The first kappa shape index (κ1) is 21.2. The highest BCUT2D eigenvalue weighted by Crippen LogP contribution is 2.31. The number of carboxylic acids is 1. The van der Waals surface area contributed by atoms with Gasteiger partial charge in [0.1, 0.15) is 5.69 Å². The van der Waals surface area contributed by atoms with Crippen molar-refractivity contribution in [2.45, 2.75) is 13.0 Å². The summed E-state index contributed by atoms with van der Waals surface area (Å²) >= 11 is 0. The van der Waals surface area contributed by atoms with Crippen LogP contribution in [0.2, 0.25) is 0 Å². The number of ether oxygens (including phenoxy) is 1. The Morgan fingerprint density at radius 1 is 1.21 bits per heavy atom. The largest absolute Gasteiger partial charge is 0.494 e. The number of Topliss-reactive ketones (excluding diaryl/α,β-unsaturated/α-hetero) is 1. The highest BCUT2D eigenvalue weighted by molar-refractivity contribution is 6.11. The molecular weight excluding hydrogens is 384 g/mol. The molecule has 11 heteroatoms. The summed E-state index contributed by atoms with van der Waals surface area (Å²) in [6, 6.07) is 7.67. The van der Waals surface area contributed by atoms with Crippen molar-refractivity contribution in [3.8, 4) is 5.75 Å². The maximum absolute atomic E-state index is 12.4. The van der Waals surface area contributed by atoms with Crippen molar-refractivity contribution in [2.75, 3.05) is 12.4 Å². The minimum absolute atomic E-state index is 0.000587. The highest BCUT2D eigenvalue weighted by Gasteiger charge is 2.25. The molecule has 2 N–H and O–H groups in total. The number of non-ortho nitro benzene ring substituents is 1. The van der Waals surface area contributed by atoms with E-state index in [1.807, 2.05) is 0 Å². The number of rotatable bonds is 8. The van der Waals surface area contributed by atoms with Gasteiger partial charge in [-0.2, -0.15) is 10.2 Å². The van der Waals surface area contributed by atoms with Gasteiger partial charge >= 0.3 is 5.97 Å². The SMILES string of the molecule is COc1cc([N+](=O)[O-])ccc1N=NC(C(C)=O)C(=O)Nc1ccccc1C(=O)O. The van der Waals surface area contributed by atoms with E-state index in [0.717, 1.165) is 13.0 Å². The van der Waals surface area contributed by atoms with Crippen LogP contribution in [-0.2, 0) is 9.59 Å². The summed E-state index contributed by atoms with van der Waals surface area (Å²) in [5, 5.41) is 29.9. The van der Waals surface area contributed by atoms with Crippen LogP contribution in [0.25, 0.3) is 0 Å². The molecule has 0 bridgehead atoms. The number of nitrogens with zero attached hydrogens (tertiary/aromatic N) is 3. The number of amides is 1. The standard InChI is InChI=1S/C18H16N4O7/c1-10(23)16(17(24)19-13-6-4-3-5-12(13)18(25)26)21-20-14-8-7-11(22(27)28)9-15(14)29-2/h3-9,16H,1-2H3,(H,19,24)(H,25,26). The van der Waals surface area contributed by atoms with E-state index in [1.54, 1.807) is 0 Å². The van der Waals surface area contributed by atoms with E-state index in [9.17, 15) is 29.6 Å². The van der Waals surface area contributed by atoms with Crippen LogP contribution in [0, 0.1) is 10.1 Å². The monoisotopic (exact) mass is 400 g/mol. The molecule has 2 aromatic carbocycles. The Morgan fingerprint density at radius 2 is 1.90 bits per heavy atom. The maximum Gasteiger partial charge on any atom is 0.337 e. The van der Waals surface area contributed by atoms with Gasteiger partial charge in [-0.05, 0) is 25.1 Å². The average molecular weight is 400 g/mol. The molecule has 0 aliphatic heterocycles. The third kappa shape index (κ3) is 5.19. The Balaban J connectivity index is 2.29. The number of methoxy groups -OCH3 is 1. The number of aromatic carboxylic acids is 1. The van der Waals surface area contributed by atoms with Crippen molar-refractivity contribution in [1.29, 1.82) is 0 Å². The third-order valence-corrected chi connectivity index (χ3v) is 3.70. The minimum atomic E-state index is -1.56. The van der Waals surface area contributed by atoms with E-state index in [-0.39, 0.29) is 28.4 Å². The molecule has 1 amide bonds. The number of nitro groups is 1. The Morgan fingerprint density at radius 3 is 2.48 bits per heavy atom. The number of para-hydroxylation sites is 1. The Kier molecular flexibility index (Phi) is 6.69. The molecule has 0 aliphatic rings. The number of hydrogen-bond acceptors (Lipinski definition) is 8. The van der Waals surface area contributed by atoms with Crippen molar-refractivity contribution in [1.82, 2.24) is 0 Å². The molecule has 150 valence electrons. The summed E-state index contributed by atoms with van der Waals surface area (Å²) in [6.45, 7) is 1.12. The lowest BCUT2D eigenvalue weighted by molar-refractivity contribution is -0.384. The molecule has 2 aromatic rings. The first-order chi connectivity index (χ1) is 13.7. The Hall–Kier alpha value is -4.15. The van der Waals surface area contributed by atoms with Crippen molar-refractivity contribution >= 4 is 34.7 Å². The molecule has 0 aromatic heterocycles. The first-order valence-corrected chi connectivity index (χ1v) is 8.11.